The molecule has 0 atom stereocenters. The Balaban J connectivity index is 1.10. The van der Waals surface area contributed by atoms with E-state index < -0.39 is 0 Å². The van der Waals surface area contributed by atoms with Crippen LogP contribution in [0.25, 0.3) is 0 Å². The molecule has 4 amide bonds. The Kier molecular flexibility index (Phi) is 11.1. The number of fused-ring (bicyclic) bond motifs is 2. The Morgan fingerprint density at radius 3 is 0.977 bits per heavy atom. The summed E-state index contributed by atoms with van der Waals surface area (Å²) in [6, 6.07) is 5.91. The van der Waals surface area contributed by atoms with Gasteiger partial charge in [0.2, 0.25) is 0 Å². The van der Waals surface area contributed by atoms with Crippen molar-refractivity contribution in [1.29, 1.82) is 0 Å². The Morgan fingerprint density at radius 1 is 0.455 bits per heavy atom. The van der Waals surface area contributed by atoms with Crippen LogP contribution in [0.4, 0.5) is 0 Å². The molecule has 0 fully saturated rings. The van der Waals surface area contributed by atoms with E-state index in [4.69, 9.17) is 46.4 Å². The van der Waals surface area contributed by atoms with Gasteiger partial charge in [-0.1, -0.05) is 46.4 Å². The summed E-state index contributed by atoms with van der Waals surface area (Å²) in [5.74, 6) is -1.24. The molecule has 0 saturated carbocycles. The summed E-state index contributed by atoms with van der Waals surface area (Å²) in [6.45, 7) is 4.47. The average molecular weight is 687 g/mol. The summed E-state index contributed by atoms with van der Waals surface area (Å²) in [5, 5.41) is 1.08. The third-order valence-corrected chi connectivity index (χ3v) is 10.0. The third kappa shape index (κ3) is 7.95. The molecular formula is C32H40Cl4N4O4+2. The van der Waals surface area contributed by atoms with Gasteiger partial charge in [-0.25, -0.2) is 0 Å². The molecule has 238 valence electrons. The minimum atomic E-state index is -0.311. The van der Waals surface area contributed by atoms with Gasteiger partial charge in [0.05, 0.1) is 96.7 Å². The topological polar surface area (TPSA) is 74.8 Å². The molecule has 0 radical (unpaired) electrons. The molecule has 0 unspecified atom stereocenters. The molecule has 2 aromatic carbocycles. The molecule has 0 bridgehead atoms. The minimum absolute atomic E-state index is 0.270. The Labute approximate surface area is 279 Å². The van der Waals surface area contributed by atoms with Crippen LogP contribution in [0, 0.1) is 0 Å². The zero-order valence-electron chi connectivity index (χ0n) is 25.7. The number of halogens is 4. The van der Waals surface area contributed by atoms with E-state index in [0.717, 1.165) is 60.8 Å². The highest BCUT2D eigenvalue weighted by molar-refractivity contribution is 6.43. The quantitative estimate of drug-likeness (QED) is 0.119. The van der Waals surface area contributed by atoms with Gasteiger partial charge in [0.25, 0.3) is 23.6 Å². The van der Waals surface area contributed by atoms with E-state index in [1.807, 2.05) is 0 Å². The van der Waals surface area contributed by atoms with Crippen molar-refractivity contribution < 1.29 is 28.1 Å². The number of amides is 4. The maximum Gasteiger partial charge on any atom is 0.261 e. The van der Waals surface area contributed by atoms with E-state index in [0.29, 0.717) is 48.2 Å². The number of hydrogen-bond donors (Lipinski definition) is 0. The van der Waals surface area contributed by atoms with Crippen LogP contribution in [-0.2, 0) is 0 Å². The van der Waals surface area contributed by atoms with E-state index in [1.54, 1.807) is 0 Å². The highest BCUT2D eigenvalue weighted by Gasteiger charge is 2.37. The highest BCUT2D eigenvalue weighted by Crippen LogP contribution is 2.33. The van der Waals surface area contributed by atoms with E-state index in [9.17, 15) is 19.2 Å². The Bertz CT molecular complexity index is 1290. The van der Waals surface area contributed by atoms with Crippen LogP contribution in [0.3, 0.4) is 0 Å². The maximum atomic E-state index is 12.7. The predicted octanol–water partition coefficient (Wildman–Crippen LogP) is 6.69. The number of imide groups is 2. The van der Waals surface area contributed by atoms with Gasteiger partial charge in [0, 0.05) is 25.9 Å². The van der Waals surface area contributed by atoms with E-state index in [1.165, 1.54) is 34.1 Å². The molecular weight excluding hydrogens is 646 g/mol. The van der Waals surface area contributed by atoms with Crippen molar-refractivity contribution in [3.8, 4) is 0 Å². The van der Waals surface area contributed by atoms with Crippen molar-refractivity contribution in [2.45, 2.75) is 38.5 Å². The molecule has 2 heterocycles. The van der Waals surface area contributed by atoms with Crippen LogP contribution in [0.2, 0.25) is 20.1 Å². The fourth-order valence-corrected chi connectivity index (χ4v) is 6.60. The monoisotopic (exact) mass is 684 g/mol. The SMILES string of the molecule is C[N+](C)(CCCCCC[N+](C)(C)CCCN1C(=O)c2cc(Cl)c(Cl)cc2C1=O)CCCN1C(=O)c2cc(Cl)c(Cl)cc2C1=O. The zero-order valence-corrected chi connectivity index (χ0v) is 28.8. The number of carbonyl (C=O) groups is 4. The third-order valence-electron chi connectivity index (χ3n) is 8.59. The fourth-order valence-electron chi connectivity index (χ4n) is 5.94. The Morgan fingerprint density at radius 2 is 0.705 bits per heavy atom. The van der Waals surface area contributed by atoms with Crippen LogP contribution in [-0.4, -0.2) is 110 Å². The summed E-state index contributed by atoms with van der Waals surface area (Å²) in [5.41, 5.74) is 1.27. The van der Waals surface area contributed by atoms with Crippen molar-refractivity contribution in [3.63, 3.8) is 0 Å². The van der Waals surface area contributed by atoms with Crippen molar-refractivity contribution in [3.05, 3.63) is 66.6 Å². The standard InChI is InChI=1S/C32H40Cl4N4O4/c1-39(2,15-9-11-37-29(41)21-17-25(33)26(34)18-22(21)30(37)42)13-7-5-6-8-14-40(3,4)16-10-12-38-31(43)23-19-27(35)28(36)20-24(23)32(38)44/h17-20H,5-16H2,1-4H3/q+2. The average Bonchev–Trinajstić information content (AvgIpc) is 3.30. The molecule has 44 heavy (non-hydrogen) atoms. The second-order valence-corrected chi connectivity index (χ2v) is 14.7. The van der Waals surface area contributed by atoms with Gasteiger partial charge in [0.15, 0.2) is 0 Å². The summed E-state index contributed by atoms with van der Waals surface area (Å²) in [6.07, 6.45) is 5.88. The van der Waals surface area contributed by atoms with Gasteiger partial charge in [-0.3, -0.25) is 29.0 Å². The minimum Gasteiger partial charge on any atom is -0.328 e. The Hall–Kier alpha value is -2.20. The summed E-state index contributed by atoms with van der Waals surface area (Å²) in [7, 11) is 8.72. The van der Waals surface area contributed by atoms with Crippen LogP contribution >= 0.6 is 46.4 Å². The van der Waals surface area contributed by atoms with Crippen molar-refractivity contribution >= 4 is 70.0 Å². The van der Waals surface area contributed by atoms with Crippen LogP contribution < -0.4 is 0 Å². The number of carbonyl (C=O) groups excluding carboxylic acids is 4. The molecule has 2 aromatic rings. The first-order valence-electron chi connectivity index (χ1n) is 15.0. The van der Waals surface area contributed by atoms with Crippen molar-refractivity contribution in [1.82, 2.24) is 9.80 Å². The van der Waals surface area contributed by atoms with E-state index in [-0.39, 0.29) is 43.7 Å². The normalized spacial score (nSPS) is 15.1. The van der Waals surface area contributed by atoms with Gasteiger partial charge >= 0.3 is 0 Å². The van der Waals surface area contributed by atoms with Crippen LogP contribution in [0.1, 0.15) is 80.0 Å². The number of quaternary nitrogens is 2. The second-order valence-electron chi connectivity index (χ2n) is 13.0. The molecule has 8 nitrogen and oxygen atoms in total. The molecule has 0 aromatic heterocycles. The van der Waals surface area contributed by atoms with Gasteiger partial charge in [-0.05, 0) is 49.9 Å². The first-order chi connectivity index (χ1) is 20.6. The maximum absolute atomic E-state index is 12.7. The fraction of sp³-hybridized carbons (Fsp3) is 0.500. The number of benzene rings is 2. The first kappa shape index (κ1) is 34.7. The number of unbranched alkanes of at least 4 members (excludes halogenated alkanes) is 3. The largest absolute Gasteiger partial charge is 0.328 e. The van der Waals surface area contributed by atoms with Gasteiger partial charge in [0.1, 0.15) is 0 Å². The number of nitrogens with zero attached hydrogens (tertiary/aromatic N) is 4. The van der Waals surface area contributed by atoms with Crippen LogP contribution in [0.15, 0.2) is 24.3 Å². The molecule has 4 rings (SSSR count). The first-order valence-corrected chi connectivity index (χ1v) is 16.5. The van der Waals surface area contributed by atoms with Gasteiger partial charge in [-0.15, -0.1) is 0 Å². The molecule has 0 saturated heterocycles. The summed E-state index contributed by atoms with van der Waals surface area (Å²) < 4.78 is 1.64. The van der Waals surface area contributed by atoms with Gasteiger partial charge in [-0.2, -0.15) is 0 Å². The van der Waals surface area contributed by atoms with Crippen molar-refractivity contribution in [2.24, 2.45) is 0 Å². The summed E-state index contributed by atoms with van der Waals surface area (Å²) >= 11 is 24.2. The number of hydrogen-bond acceptors (Lipinski definition) is 4. The molecule has 0 spiro atoms. The van der Waals surface area contributed by atoms with E-state index >= 15 is 0 Å². The summed E-state index contributed by atoms with van der Waals surface area (Å²) in [4.78, 5) is 53.5. The highest BCUT2D eigenvalue weighted by atomic mass is 35.5. The molecule has 2 aliphatic rings. The predicted molar refractivity (Wildman–Crippen MR) is 175 cm³/mol. The van der Waals surface area contributed by atoms with Crippen LogP contribution in [0.5, 0.6) is 0 Å². The lowest BCUT2D eigenvalue weighted by atomic mass is 10.1. The molecule has 0 N–H and O–H groups in total. The second kappa shape index (κ2) is 14.1. The van der Waals surface area contributed by atoms with Gasteiger partial charge < -0.3 is 8.97 Å². The van der Waals surface area contributed by atoms with Crippen molar-refractivity contribution in [2.75, 3.05) is 67.5 Å². The van der Waals surface area contributed by atoms with E-state index in [2.05, 4.69) is 28.2 Å². The zero-order chi connectivity index (χ0) is 32.4. The lowest BCUT2D eigenvalue weighted by Crippen LogP contribution is -2.43. The molecule has 0 aliphatic carbocycles. The lowest BCUT2D eigenvalue weighted by molar-refractivity contribution is -0.891. The smallest absolute Gasteiger partial charge is 0.261 e. The molecule has 12 heteroatoms. The lowest BCUT2D eigenvalue weighted by Gasteiger charge is -2.31. The number of rotatable bonds is 15. The molecule has 2 aliphatic heterocycles.